The normalized spacial score (nSPS) is 11.3. The fourth-order valence-electron chi connectivity index (χ4n) is 3.80. The van der Waals surface area contributed by atoms with Crippen LogP contribution in [0.5, 0.6) is 0 Å². The summed E-state index contributed by atoms with van der Waals surface area (Å²) in [5, 5.41) is 12.6. The number of anilines is 1. The average Bonchev–Trinajstić information content (AvgIpc) is 3.13. The van der Waals surface area contributed by atoms with Crippen molar-refractivity contribution < 1.29 is 9.90 Å². The zero-order valence-corrected chi connectivity index (χ0v) is 19.1. The number of fused-ring (bicyclic) bond motifs is 1. The van der Waals surface area contributed by atoms with E-state index in [9.17, 15) is 19.5 Å². The Morgan fingerprint density at radius 2 is 1.81 bits per heavy atom. The molecule has 0 aliphatic carbocycles. The van der Waals surface area contributed by atoms with Crippen LogP contribution in [0.2, 0.25) is 0 Å². The highest BCUT2D eigenvalue weighted by Gasteiger charge is 2.22. The van der Waals surface area contributed by atoms with Gasteiger partial charge in [-0.3, -0.25) is 14.2 Å². The summed E-state index contributed by atoms with van der Waals surface area (Å²) in [6, 6.07) is 5.58. The van der Waals surface area contributed by atoms with Crippen molar-refractivity contribution in [3.05, 3.63) is 56.0 Å². The van der Waals surface area contributed by atoms with E-state index in [4.69, 9.17) is 0 Å². The summed E-state index contributed by atoms with van der Waals surface area (Å²) in [6.07, 6.45) is 2.29. The number of hydrogen-bond donors (Lipinski definition) is 2. The molecule has 0 atom stereocenters. The molecule has 2 heterocycles. The van der Waals surface area contributed by atoms with Crippen LogP contribution in [0.15, 0.2) is 27.8 Å². The maximum absolute atomic E-state index is 13.3. The van der Waals surface area contributed by atoms with Crippen LogP contribution in [0.3, 0.4) is 0 Å². The Morgan fingerprint density at radius 3 is 2.47 bits per heavy atom. The second-order valence-corrected chi connectivity index (χ2v) is 7.98. The van der Waals surface area contributed by atoms with E-state index in [0.717, 1.165) is 35.0 Å². The molecule has 0 unspecified atom stereocenters. The molecule has 2 N–H and O–H groups in total. The molecule has 32 heavy (non-hydrogen) atoms. The van der Waals surface area contributed by atoms with Crippen LogP contribution >= 0.6 is 0 Å². The fourth-order valence-corrected chi connectivity index (χ4v) is 3.80. The Balaban J connectivity index is 2.12. The lowest BCUT2D eigenvalue weighted by molar-refractivity contribution is -0.116. The minimum Gasteiger partial charge on any atom is -0.388 e. The van der Waals surface area contributed by atoms with Gasteiger partial charge in [0.2, 0.25) is 5.91 Å². The Labute approximate surface area is 186 Å². The third-order valence-electron chi connectivity index (χ3n) is 5.70. The molecule has 0 fully saturated rings. The number of aromatic nitrogens is 4. The Bertz CT molecular complexity index is 1250. The number of imidazole rings is 1. The molecule has 1 amide bonds. The molecular weight excluding hydrogens is 410 g/mol. The van der Waals surface area contributed by atoms with E-state index in [1.54, 1.807) is 10.6 Å². The van der Waals surface area contributed by atoms with E-state index in [1.165, 1.54) is 4.57 Å². The van der Waals surface area contributed by atoms with Gasteiger partial charge < -0.3 is 15.0 Å². The SMILES string of the molecule is CCCCn1c(=O)n(CC(=O)Nc2cccc(C)c2C)c(=O)c2c1nc(CO)n2CCC. The van der Waals surface area contributed by atoms with Crippen LogP contribution in [-0.4, -0.2) is 29.7 Å². The summed E-state index contributed by atoms with van der Waals surface area (Å²) in [5.41, 5.74) is 1.96. The predicted molar refractivity (Wildman–Crippen MR) is 124 cm³/mol. The first-order chi connectivity index (χ1) is 15.3. The summed E-state index contributed by atoms with van der Waals surface area (Å²) in [6.45, 7) is 7.91. The number of nitrogens with one attached hydrogen (secondary N) is 1. The first-order valence-electron chi connectivity index (χ1n) is 11.0. The molecule has 3 rings (SSSR count). The van der Waals surface area contributed by atoms with Crippen LogP contribution in [0.4, 0.5) is 5.69 Å². The average molecular weight is 442 g/mol. The zero-order valence-electron chi connectivity index (χ0n) is 19.1. The molecule has 9 heteroatoms. The highest BCUT2D eigenvalue weighted by molar-refractivity contribution is 5.91. The van der Waals surface area contributed by atoms with Crippen LogP contribution < -0.4 is 16.6 Å². The van der Waals surface area contributed by atoms with Crippen LogP contribution in [0.25, 0.3) is 11.2 Å². The zero-order chi connectivity index (χ0) is 23.4. The van der Waals surface area contributed by atoms with Gasteiger partial charge in [-0.15, -0.1) is 0 Å². The smallest absolute Gasteiger partial charge is 0.333 e. The molecule has 3 aromatic rings. The summed E-state index contributed by atoms with van der Waals surface area (Å²) in [7, 11) is 0. The number of carbonyl (C=O) groups is 1. The molecule has 172 valence electrons. The predicted octanol–water partition coefficient (Wildman–Crippen LogP) is 2.32. The minimum atomic E-state index is -0.575. The van der Waals surface area contributed by atoms with E-state index in [0.29, 0.717) is 24.6 Å². The van der Waals surface area contributed by atoms with E-state index < -0.39 is 23.7 Å². The van der Waals surface area contributed by atoms with Gasteiger partial charge in [0.1, 0.15) is 19.0 Å². The van der Waals surface area contributed by atoms with Crippen LogP contribution in [0, 0.1) is 13.8 Å². The van der Waals surface area contributed by atoms with Crippen molar-refractivity contribution in [1.29, 1.82) is 0 Å². The largest absolute Gasteiger partial charge is 0.388 e. The topological polar surface area (TPSA) is 111 Å². The van der Waals surface area contributed by atoms with Crippen molar-refractivity contribution in [3.63, 3.8) is 0 Å². The summed E-state index contributed by atoms with van der Waals surface area (Å²) in [5.74, 6) is -0.121. The van der Waals surface area contributed by atoms with Crippen molar-refractivity contribution in [2.24, 2.45) is 0 Å². The first kappa shape index (κ1) is 23.5. The number of amides is 1. The first-order valence-corrected chi connectivity index (χ1v) is 11.0. The van der Waals surface area contributed by atoms with Gasteiger partial charge in [-0.25, -0.2) is 14.3 Å². The summed E-state index contributed by atoms with van der Waals surface area (Å²) >= 11 is 0. The van der Waals surface area contributed by atoms with E-state index in [-0.39, 0.29) is 17.8 Å². The summed E-state index contributed by atoms with van der Waals surface area (Å²) in [4.78, 5) is 43.8. The monoisotopic (exact) mass is 441 g/mol. The van der Waals surface area contributed by atoms with Gasteiger partial charge in [-0.1, -0.05) is 32.4 Å². The lowest BCUT2D eigenvalue weighted by Crippen LogP contribution is -2.43. The number of benzene rings is 1. The van der Waals surface area contributed by atoms with E-state index in [1.807, 2.05) is 39.8 Å². The number of hydrogen-bond acceptors (Lipinski definition) is 5. The number of aliphatic hydroxyl groups excluding tert-OH is 1. The Kier molecular flexibility index (Phi) is 7.29. The number of carbonyl (C=O) groups excluding carboxylic acids is 1. The highest BCUT2D eigenvalue weighted by Crippen LogP contribution is 2.18. The lowest BCUT2D eigenvalue weighted by atomic mass is 10.1. The molecule has 0 spiro atoms. The minimum absolute atomic E-state index is 0.242. The van der Waals surface area contributed by atoms with Crippen LogP contribution in [-0.2, 0) is 31.0 Å². The van der Waals surface area contributed by atoms with Gasteiger partial charge in [0.05, 0.1) is 0 Å². The number of aryl methyl sites for hydroxylation is 3. The second kappa shape index (κ2) is 9.95. The third kappa shape index (κ3) is 4.38. The standard InChI is InChI=1S/C23H31N5O4/c1-5-7-12-27-21-20(26(11-6-2)18(14-29)25-21)22(31)28(23(27)32)13-19(30)24-17-10-8-9-15(3)16(17)4/h8-10,29H,5-7,11-14H2,1-4H3,(H,24,30). The molecule has 0 saturated carbocycles. The number of rotatable bonds is 9. The number of aliphatic hydroxyl groups is 1. The molecule has 0 saturated heterocycles. The molecular formula is C23H31N5O4. The lowest BCUT2D eigenvalue weighted by Gasteiger charge is -2.14. The molecule has 1 aromatic carbocycles. The van der Waals surface area contributed by atoms with Gasteiger partial charge in [0.25, 0.3) is 5.56 Å². The van der Waals surface area contributed by atoms with Gasteiger partial charge in [-0.2, -0.15) is 0 Å². The van der Waals surface area contributed by atoms with Gasteiger partial charge in [0.15, 0.2) is 11.2 Å². The van der Waals surface area contributed by atoms with Crippen molar-refractivity contribution in [1.82, 2.24) is 18.7 Å². The van der Waals surface area contributed by atoms with Gasteiger partial charge in [-0.05, 0) is 43.9 Å². The highest BCUT2D eigenvalue weighted by atomic mass is 16.3. The fraction of sp³-hybridized carbons (Fsp3) is 0.478. The van der Waals surface area contributed by atoms with Crippen LogP contribution in [0.1, 0.15) is 50.1 Å². The Morgan fingerprint density at radius 1 is 1.06 bits per heavy atom. The van der Waals surface area contributed by atoms with Crippen molar-refractivity contribution in [3.8, 4) is 0 Å². The quantitative estimate of drug-likeness (QED) is 0.529. The molecule has 0 bridgehead atoms. The van der Waals surface area contributed by atoms with E-state index >= 15 is 0 Å². The molecule has 9 nitrogen and oxygen atoms in total. The number of nitrogens with zero attached hydrogens (tertiary/aromatic N) is 4. The third-order valence-corrected chi connectivity index (χ3v) is 5.70. The van der Waals surface area contributed by atoms with Gasteiger partial charge in [0, 0.05) is 18.8 Å². The van der Waals surface area contributed by atoms with E-state index in [2.05, 4.69) is 10.3 Å². The molecule has 2 aromatic heterocycles. The molecule has 0 radical (unpaired) electrons. The summed E-state index contributed by atoms with van der Waals surface area (Å²) < 4.78 is 4.06. The molecule has 0 aliphatic rings. The maximum atomic E-state index is 13.3. The maximum Gasteiger partial charge on any atom is 0.333 e. The molecule has 0 aliphatic heterocycles. The van der Waals surface area contributed by atoms with Crippen molar-refractivity contribution in [2.75, 3.05) is 5.32 Å². The van der Waals surface area contributed by atoms with Crippen molar-refractivity contribution in [2.45, 2.75) is 73.2 Å². The van der Waals surface area contributed by atoms with Crippen molar-refractivity contribution >= 4 is 22.8 Å². The van der Waals surface area contributed by atoms with Gasteiger partial charge >= 0.3 is 5.69 Å². The Hall–Kier alpha value is -3.20. The number of unbranched alkanes of at least 4 members (excludes halogenated alkanes) is 1. The second-order valence-electron chi connectivity index (χ2n) is 7.98.